The molecule has 1 aliphatic carbocycles. The van der Waals surface area contributed by atoms with Gasteiger partial charge in [0, 0.05) is 18.2 Å². The second kappa shape index (κ2) is 7.59. The Bertz CT molecular complexity index is 354. The van der Waals surface area contributed by atoms with Crippen LogP contribution in [0.5, 0.6) is 0 Å². The predicted molar refractivity (Wildman–Crippen MR) is 74.3 cm³/mol. The summed E-state index contributed by atoms with van der Waals surface area (Å²) >= 11 is 0. The van der Waals surface area contributed by atoms with Crippen LogP contribution in [0.15, 0.2) is 24.3 Å². The third kappa shape index (κ3) is 4.90. The number of benzene rings is 1. The van der Waals surface area contributed by atoms with Crippen LogP contribution in [-0.2, 0) is 6.54 Å². The molecule has 0 aliphatic heterocycles. The summed E-state index contributed by atoms with van der Waals surface area (Å²) in [5, 5.41) is 3.57. The van der Waals surface area contributed by atoms with E-state index in [4.69, 9.17) is 0 Å². The van der Waals surface area contributed by atoms with E-state index in [0.29, 0.717) is 6.04 Å². The number of hydrogen-bond acceptors (Lipinski definition) is 1. The van der Waals surface area contributed by atoms with E-state index in [1.54, 1.807) is 12.1 Å². The zero-order valence-electron chi connectivity index (χ0n) is 11.4. The van der Waals surface area contributed by atoms with E-state index >= 15 is 0 Å². The molecule has 0 radical (unpaired) electrons. The summed E-state index contributed by atoms with van der Waals surface area (Å²) in [6, 6.07) is 7.25. The number of rotatable bonds is 4. The molecule has 3 heteroatoms. The summed E-state index contributed by atoms with van der Waals surface area (Å²) in [5.41, 5.74) is 1.20. The first kappa shape index (κ1) is 14.4. The molecular formula is C16H23F2N. The maximum absolute atomic E-state index is 12.4. The first-order chi connectivity index (χ1) is 9.25. The standard InChI is InChI=1S/C16H23F2N/c17-16(18)14-10-8-13(9-11-14)12-19-15-6-4-2-1-3-5-7-15/h8-11,15-16,19H,1-7,12H2. The molecule has 0 bridgehead atoms. The summed E-state index contributed by atoms with van der Waals surface area (Å²) < 4.78 is 24.9. The van der Waals surface area contributed by atoms with Crippen LogP contribution < -0.4 is 5.32 Å². The molecule has 1 N–H and O–H groups in total. The van der Waals surface area contributed by atoms with Gasteiger partial charge in [-0.3, -0.25) is 0 Å². The molecule has 0 aromatic heterocycles. The summed E-state index contributed by atoms with van der Waals surface area (Å²) in [5.74, 6) is 0. The third-order valence-corrected chi connectivity index (χ3v) is 3.93. The quantitative estimate of drug-likeness (QED) is 0.824. The van der Waals surface area contributed by atoms with Gasteiger partial charge in [-0.15, -0.1) is 0 Å². The van der Waals surface area contributed by atoms with E-state index in [2.05, 4.69) is 5.32 Å². The van der Waals surface area contributed by atoms with Crippen LogP contribution in [0.25, 0.3) is 0 Å². The van der Waals surface area contributed by atoms with Gasteiger partial charge in [-0.25, -0.2) is 8.78 Å². The van der Waals surface area contributed by atoms with Crippen LogP contribution in [0.4, 0.5) is 8.78 Å². The minimum Gasteiger partial charge on any atom is -0.310 e. The van der Waals surface area contributed by atoms with Crippen LogP contribution in [0.2, 0.25) is 0 Å². The Morgan fingerprint density at radius 1 is 0.947 bits per heavy atom. The maximum Gasteiger partial charge on any atom is 0.263 e. The molecule has 0 unspecified atom stereocenters. The van der Waals surface area contributed by atoms with Crippen molar-refractivity contribution in [3.63, 3.8) is 0 Å². The summed E-state index contributed by atoms with van der Waals surface area (Å²) in [4.78, 5) is 0. The minimum absolute atomic E-state index is 0.106. The van der Waals surface area contributed by atoms with Gasteiger partial charge in [-0.2, -0.15) is 0 Å². The lowest BCUT2D eigenvalue weighted by atomic mass is 9.96. The Kier molecular flexibility index (Phi) is 5.77. The van der Waals surface area contributed by atoms with Crippen molar-refractivity contribution in [3.8, 4) is 0 Å². The monoisotopic (exact) mass is 267 g/mol. The molecule has 1 saturated carbocycles. The largest absolute Gasteiger partial charge is 0.310 e. The SMILES string of the molecule is FC(F)c1ccc(CNC2CCCCCCC2)cc1. The Labute approximate surface area is 114 Å². The van der Waals surface area contributed by atoms with E-state index in [-0.39, 0.29) is 5.56 Å². The van der Waals surface area contributed by atoms with Crippen molar-refractivity contribution in [1.29, 1.82) is 0 Å². The molecule has 2 rings (SSSR count). The lowest BCUT2D eigenvalue weighted by molar-refractivity contribution is 0.151. The number of hydrogen-bond donors (Lipinski definition) is 1. The van der Waals surface area contributed by atoms with Gasteiger partial charge in [0.15, 0.2) is 0 Å². The summed E-state index contributed by atoms with van der Waals surface area (Å²) in [6.45, 7) is 0.786. The van der Waals surface area contributed by atoms with E-state index < -0.39 is 6.43 Å². The summed E-state index contributed by atoms with van der Waals surface area (Å²) in [6.07, 6.45) is 6.81. The van der Waals surface area contributed by atoms with Gasteiger partial charge < -0.3 is 5.32 Å². The second-order valence-electron chi connectivity index (χ2n) is 5.47. The highest BCUT2D eigenvalue weighted by atomic mass is 19.3. The average molecular weight is 267 g/mol. The summed E-state index contributed by atoms with van der Waals surface area (Å²) in [7, 11) is 0. The molecule has 1 fully saturated rings. The van der Waals surface area contributed by atoms with Crippen molar-refractivity contribution < 1.29 is 8.78 Å². The zero-order chi connectivity index (χ0) is 13.5. The van der Waals surface area contributed by atoms with E-state index in [0.717, 1.165) is 12.1 Å². The van der Waals surface area contributed by atoms with Crippen LogP contribution in [0.3, 0.4) is 0 Å². The molecule has 0 atom stereocenters. The molecule has 1 nitrogen and oxygen atoms in total. The van der Waals surface area contributed by atoms with Crippen LogP contribution in [0, 0.1) is 0 Å². The zero-order valence-corrected chi connectivity index (χ0v) is 11.4. The van der Waals surface area contributed by atoms with Gasteiger partial charge in [0.05, 0.1) is 0 Å². The lowest BCUT2D eigenvalue weighted by Crippen LogP contribution is -2.29. The lowest BCUT2D eigenvalue weighted by Gasteiger charge is -2.21. The highest BCUT2D eigenvalue weighted by Gasteiger charge is 2.11. The molecule has 0 heterocycles. The fourth-order valence-corrected chi connectivity index (χ4v) is 2.70. The smallest absolute Gasteiger partial charge is 0.263 e. The van der Waals surface area contributed by atoms with Gasteiger partial charge in [0.1, 0.15) is 0 Å². The average Bonchev–Trinajstić information content (AvgIpc) is 2.38. The Hall–Kier alpha value is -0.960. The van der Waals surface area contributed by atoms with Crippen LogP contribution in [-0.4, -0.2) is 6.04 Å². The van der Waals surface area contributed by atoms with Gasteiger partial charge in [0.2, 0.25) is 0 Å². The topological polar surface area (TPSA) is 12.0 Å². The van der Waals surface area contributed by atoms with Crippen molar-refractivity contribution in [2.45, 2.75) is 64.0 Å². The Morgan fingerprint density at radius 3 is 2.11 bits per heavy atom. The van der Waals surface area contributed by atoms with Crippen molar-refractivity contribution in [1.82, 2.24) is 5.32 Å². The second-order valence-corrected chi connectivity index (χ2v) is 5.47. The minimum atomic E-state index is -2.37. The number of alkyl halides is 2. The molecule has 0 saturated heterocycles. The van der Waals surface area contributed by atoms with Gasteiger partial charge in [0.25, 0.3) is 6.43 Å². The maximum atomic E-state index is 12.4. The molecule has 1 aromatic rings. The first-order valence-corrected chi connectivity index (χ1v) is 7.36. The molecule has 1 aliphatic rings. The predicted octanol–water partition coefficient (Wildman–Crippen LogP) is 4.83. The molecule has 0 amide bonds. The third-order valence-electron chi connectivity index (χ3n) is 3.93. The van der Waals surface area contributed by atoms with Crippen molar-refractivity contribution in [2.24, 2.45) is 0 Å². The van der Waals surface area contributed by atoms with E-state index in [1.165, 1.54) is 57.1 Å². The van der Waals surface area contributed by atoms with Gasteiger partial charge in [-0.1, -0.05) is 56.4 Å². The highest BCUT2D eigenvalue weighted by molar-refractivity contribution is 5.23. The Morgan fingerprint density at radius 2 is 1.53 bits per heavy atom. The van der Waals surface area contributed by atoms with Crippen molar-refractivity contribution >= 4 is 0 Å². The van der Waals surface area contributed by atoms with Crippen molar-refractivity contribution in [2.75, 3.05) is 0 Å². The molecule has 1 aromatic carbocycles. The number of nitrogens with one attached hydrogen (secondary N) is 1. The molecule has 0 spiro atoms. The highest BCUT2D eigenvalue weighted by Crippen LogP contribution is 2.20. The molecular weight excluding hydrogens is 244 g/mol. The van der Waals surface area contributed by atoms with Crippen LogP contribution >= 0.6 is 0 Å². The van der Waals surface area contributed by atoms with Crippen molar-refractivity contribution in [3.05, 3.63) is 35.4 Å². The van der Waals surface area contributed by atoms with Gasteiger partial charge >= 0.3 is 0 Å². The van der Waals surface area contributed by atoms with E-state index in [9.17, 15) is 8.78 Å². The van der Waals surface area contributed by atoms with Gasteiger partial charge in [-0.05, 0) is 18.4 Å². The van der Waals surface area contributed by atoms with E-state index in [1.807, 2.05) is 0 Å². The fraction of sp³-hybridized carbons (Fsp3) is 0.625. The molecule has 106 valence electrons. The fourth-order valence-electron chi connectivity index (χ4n) is 2.70. The molecule has 19 heavy (non-hydrogen) atoms. The Balaban J connectivity index is 1.80. The first-order valence-electron chi connectivity index (χ1n) is 7.36. The normalized spacial score (nSPS) is 18.3. The van der Waals surface area contributed by atoms with Crippen LogP contribution in [0.1, 0.15) is 62.5 Å². The number of halogens is 2.